The van der Waals surface area contributed by atoms with E-state index in [2.05, 4.69) is 11.4 Å². The van der Waals surface area contributed by atoms with Crippen LogP contribution in [-0.2, 0) is 11.3 Å². The van der Waals surface area contributed by atoms with Crippen LogP contribution < -0.4 is 4.74 Å². The van der Waals surface area contributed by atoms with Crippen molar-refractivity contribution in [1.29, 1.82) is 0 Å². The second kappa shape index (κ2) is 8.76. The molecule has 0 spiro atoms. The van der Waals surface area contributed by atoms with Crippen molar-refractivity contribution in [3.05, 3.63) is 64.4 Å². The number of nitrogens with zero attached hydrogens (tertiary/aromatic N) is 1. The minimum absolute atomic E-state index is 0.0422. The Kier molecular flexibility index (Phi) is 5.93. The Morgan fingerprint density at radius 2 is 1.96 bits per heavy atom. The number of carbonyl (C=O) groups excluding carboxylic acids is 1. The van der Waals surface area contributed by atoms with E-state index in [-0.39, 0.29) is 11.9 Å². The Hall–Kier alpha value is -2.37. The molecule has 0 saturated carbocycles. The monoisotopic (exact) mass is 395 g/mol. The molecule has 1 saturated heterocycles. The first-order valence-electron chi connectivity index (χ1n) is 9.83. The van der Waals surface area contributed by atoms with Crippen LogP contribution in [0.25, 0.3) is 10.8 Å². The summed E-state index contributed by atoms with van der Waals surface area (Å²) in [5.41, 5.74) is 0.669. The molecule has 0 atom stereocenters. The maximum Gasteiger partial charge on any atom is 0.258 e. The van der Waals surface area contributed by atoms with Gasteiger partial charge in [0.15, 0.2) is 0 Å². The second-order valence-electron chi connectivity index (χ2n) is 6.95. The molecule has 1 amide bonds. The zero-order valence-electron chi connectivity index (χ0n) is 16.1. The smallest absolute Gasteiger partial charge is 0.258 e. The first-order chi connectivity index (χ1) is 13.8. The van der Waals surface area contributed by atoms with Crippen LogP contribution in [0.1, 0.15) is 35.0 Å². The number of thiophene rings is 1. The summed E-state index contributed by atoms with van der Waals surface area (Å²) in [6.45, 7) is 4.50. The molecular weight excluding hydrogens is 370 g/mol. The van der Waals surface area contributed by atoms with Gasteiger partial charge in [-0.05, 0) is 48.1 Å². The summed E-state index contributed by atoms with van der Waals surface area (Å²) in [7, 11) is 0. The summed E-state index contributed by atoms with van der Waals surface area (Å²) in [6.07, 6.45) is 1.73. The Morgan fingerprint density at radius 1 is 1.14 bits per heavy atom. The van der Waals surface area contributed by atoms with Crippen LogP contribution in [-0.4, -0.2) is 36.7 Å². The summed E-state index contributed by atoms with van der Waals surface area (Å²) < 4.78 is 11.4. The van der Waals surface area contributed by atoms with E-state index in [1.54, 1.807) is 11.3 Å². The molecule has 1 fully saturated rings. The van der Waals surface area contributed by atoms with Crippen molar-refractivity contribution in [3.8, 4) is 5.75 Å². The summed E-state index contributed by atoms with van der Waals surface area (Å²) in [5.74, 6) is 0.704. The number of hydrogen-bond acceptors (Lipinski definition) is 4. The Balaban J connectivity index is 1.78. The maximum atomic E-state index is 13.9. The molecule has 1 aromatic heterocycles. The number of hydrogen-bond donors (Lipinski definition) is 0. The van der Waals surface area contributed by atoms with Gasteiger partial charge in [-0.15, -0.1) is 11.3 Å². The molecule has 0 radical (unpaired) electrons. The molecule has 5 heteroatoms. The van der Waals surface area contributed by atoms with Crippen molar-refractivity contribution >= 4 is 28.0 Å². The molecule has 146 valence electrons. The number of fused-ring (bicyclic) bond motifs is 1. The van der Waals surface area contributed by atoms with E-state index in [9.17, 15) is 4.79 Å². The molecular formula is C23H25NO3S. The largest absolute Gasteiger partial charge is 0.493 e. The van der Waals surface area contributed by atoms with Crippen LogP contribution in [0.3, 0.4) is 0 Å². The quantitative estimate of drug-likeness (QED) is 0.581. The average Bonchev–Trinajstić information content (AvgIpc) is 3.25. The highest BCUT2D eigenvalue weighted by molar-refractivity contribution is 7.09. The molecule has 0 bridgehead atoms. The van der Waals surface area contributed by atoms with E-state index in [1.807, 2.05) is 54.3 Å². The summed E-state index contributed by atoms with van der Waals surface area (Å²) >= 11 is 1.69. The van der Waals surface area contributed by atoms with Crippen molar-refractivity contribution in [3.63, 3.8) is 0 Å². The molecule has 1 aliphatic rings. The zero-order valence-corrected chi connectivity index (χ0v) is 16.9. The molecule has 1 aliphatic heterocycles. The topological polar surface area (TPSA) is 38.8 Å². The van der Waals surface area contributed by atoms with Gasteiger partial charge in [0.1, 0.15) is 5.75 Å². The van der Waals surface area contributed by atoms with Crippen LogP contribution in [0.4, 0.5) is 0 Å². The average molecular weight is 396 g/mol. The van der Waals surface area contributed by atoms with E-state index in [1.165, 1.54) is 4.88 Å². The van der Waals surface area contributed by atoms with Gasteiger partial charge in [0.2, 0.25) is 0 Å². The molecule has 28 heavy (non-hydrogen) atoms. The van der Waals surface area contributed by atoms with Crippen LogP contribution in [0.5, 0.6) is 5.75 Å². The minimum Gasteiger partial charge on any atom is -0.493 e. The number of carbonyl (C=O) groups is 1. The Morgan fingerprint density at radius 3 is 2.71 bits per heavy atom. The third-order valence-corrected chi connectivity index (χ3v) is 6.06. The normalized spacial score (nSPS) is 14.9. The van der Waals surface area contributed by atoms with Gasteiger partial charge in [0.25, 0.3) is 5.91 Å². The SMILES string of the molecule is CCOc1ccc2ccccc2c1C(=O)N(Cc1cccs1)C1CCOCC1. The maximum absolute atomic E-state index is 13.9. The fraction of sp³-hybridized carbons (Fsp3) is 0.348. The molecule has 0 unspecified atom stereocenters. The standard InChI is InChI=1S/C23H25NO3S/c1-2-27-21-10-9-17-6-3-4-8-20(17)22(21)23(25)24(16-19-7-5-15-28-19)18-11-13-26-14-12-18/h3-10,15,18H,2,11-14,16H2,1H3. The third kappa shape index (κ3) is 3.91. The third-order valence-electron chi connectivity index (χ3n) is 5.20. The Bertz CT molecular complexity index is 932. The first-order valence-corrected chi connectivity index (χ1v) is 10.7. The van der Waals surface area contributed by atoms with Gasteiger partial charge in [-0.25, -0.2) is 0 Å². The highest BCUT2D eigenvalue weighted by Gasteiger charge is 2.30. The fourth-order valence-corrected chi connectivity index (χ4v) is 4.53. The van der Waals surface area contributed by atoms with Crippen molar-refractivity contribution in [1.82, 2.24) is 4.90 Å². The molecule has 4 nitrogen and oxygen atoms in total. The molecule has 3 aromatic rings. The van der Waals surface area contributed by atoms with Crippen LogP contribution in [0.2, 0.25) is 0 Å². The first kappa shape index (κ1) is 19.0. The highest BCUT2D eigenvalue weighted by Crippen LogP contribution is 2.32. The van der Waals surface area contributed by atoms with Gasteiger partial charge in [-0.2, -0.15) is 0 Å². The lowest BCUT2D eigenvalue weighted by Crippen LogP contribution is -2.43. The van der Waals surface area contributed by atoms with Gasteiger partial charge in [-0.3, -0.25) is 4.79 Å². The number of rotatable bonds is 6. The van der Waals surface area contributed by atoms with Gasteiger partial charge in [-0.1, -0.05) is 36.4 Å². The summed E-state index contributed by atoms with van der Waals surface area (Å²) in [6, 6.07) is 16.3. The zero-order chi connectivity index (χ0) is 19.3. The molecule has 4 rings (SSSR count). The van der Waals surface area contributed by atoms with E-state index in [0.29, 0.717) is 37.7 Å². The number of ether oxygens (including phenoxy) is 2. The van der Waals surface area contributed by atoms with E-state index in [4.69, 9.17) is 9.47 Å². The predicted octanol–water partition coefficient (Wildman–Crippen LogP) is 5.12. The lowest BCUT2D eigenvalue weighted by atomic mass is 10.00. The predicted molar refractivity (Wildman–Crippen MR) is 113 cm³/mol. The molecule has 2 aromatic carbocycles. The van der Waals surface area contributed by atoms with Gasteiger partial charge in [0, 0.05) is 24.1 Å². The molecule has 0 N–H and O–H groups in total. The van der Waals surface area contributed by atoms with Gasteiger partial charge in [0.05, 0.1) is 18.7 Å². The highest BCUT2D eigenvalue weighted by atomic mass is 32.1. The number of amides is 1. The lowest BCUT2D eigenvalue weighted by molar-refractivity contribution is 0.0269. The molecule has 0 aliphatic carbocycles. The van der Waals surface area contributed by atoms with Crippen LogP contribution in [0.15, 0.2) is 53.9 Å². The van der Waals surface area contributed by atoms with Crippen LogP contribution >= 0.6 is 11.3 Å². The molecule has 2 heterocycles. The lowest BCUT2D eigenvalue weighted by Gasteiger charge is -2.34. The van der Waals surface area contributed by atoms with E-state index < -0.39 is 0 Å². The van der Waals surface area contributed by atoms with E-state index in [0.717, 1.165) is 23.6 Å². The van der Waals surface area contributed by atoms with Crippen molar-refractivity contribution < 1.29 is 14.3 Å². The minimum atomic E-state index is 0.0422. The summed E-state index contributed by atoms with van der Waals surface area (Å²) in [5, 5.41) is 4.06. The number of benzene rings is 2. The Labute approximate surface area is 169 Å². The van der Waals surface area contributed by atoms with E-state index >= 15 is 0 Å². The van der Waals surface area contributed by atoms with Crippen molar-refractivity contribution in [2.75, 3.05) is 19.8 Å². The van der Waals surface area contributed by atoms with Gasteiger partial charge >= 0.3 is 0 Å². The second-order valence-corrected chi connectivity index (χ2v) is 7.98. The fourth-order valence-electron chi connectivity index (χ4n) is 3.83. The summed E-state index contributed by atoms with van der Waals surface area (Å²) in [4.78, 5) is 17.1. The van der Waals surface area contributed by atoms with Crippen LogP contribution in [0, 0.1) is 0 Å². The van der Waals surface area contributed by atoms with Crippen molar-refractivity contribution in [2.24, 2.45) is 0 Å². The van der Waals surface area contributed by atoms with Gasteiger partial charge < -0.3 is 14.4 Å². The van der Waals surface area contributed by atoms with Crippen molar-refractivity contribution in [2.45, 2.75) is 32.4 Å².